The SMILES string of the molecule is C[C@H](CC[C@@](C)(F)C(F)(F)F)C(F)(F)F. The molecule has 0 aromatic rings. The van der Waals surface area contributed by atoms with E-state index >= 15 is 0 Å². The highest BCUT2D eigenvalue weighted by Crippen LogP contribution is 2.40. The largest absolute Gasteiger partial charge is 0.422 e. The van der Waals surface area contributed by atoms with Crippen molar-refractivity contribution >= 4 is 0 Å². The molecule has 0 aromatic carbocycles. The molecule has 2 atom stereocenters. The molecule has 92 valence electrons. The fourth-order valence-corrected chi connectivity index (χ4v) is 0.793. The molecule has 0 aliphatic carbocycles. The minimum absolute atomic E-state index is 0.246. The summed E-state index contributed by atoms with van der Waals surface area (Å²) in [6.45, 7) is 0.975. The Morgan fingerprint density at radius 1 is 0.933 bits per heavy atom. The molecule has 0 spiro atoms. The third-order valence-electron chi connectivity index (χ3n) is 2.20. The Balaban J connectivity index is 4.29. The minimum Gasteiger partial charge on any atom is -0.234 e. The number of hydrogen-bond acceptors (Lipinski definition) is 0. The highest BCUT2D eigenvalue weighted by atomic mass is 19.4. The van der Waals surface area contributed by atoms with Gasteiger partial charge in [-0.05, 0) is 19.8 Å². The van der Waals surface area contributed by atoms with E-state index in [2.05, 4.69) is 0 Å². The molecule has 0 amide bonds. The van der Waals surface area contributed by atoms with E-state index in [4.69, 9.17) is 0 Å². The zero-order valence-corrected chi connectivity index (χ0v) is 8.14. The average molecular weight is 240 g/mol. The highest BCUT2D eigenvalue weighted by Gasteiger charge is 2.52. The zero-order valence-electron chi connectivity index (χ0n) is 8.14. The zero-order chi connectivity index (χ0) is 12.5. The molecule has 7 heteroatoms. The molecule has 0 fully saturated rings. The van der Waals surface area contributed by atoms with Crippen molar-refractivity contribution in [1.29, 1.82) is 0 Å². The van der Waals surface area contributed by atoms with E-state index in [-0.39, 0.29) is 6.92 Å². The van der Waals surface area contributed by atoms with Crippen LogP contribution >= 0.6 is 0 Å². The van der Waals surface area contributed by atoms with E-state index in [1.54, 1.807) is 0 Å². The molecule has 0 rings (SSSR count). The first kappa shape index (κ1) is 14.5. The molecule has 0 N–H and O–H groups in total. The van der Waals surface area contributed by atoms with Crippen molar-refractivity contribution in [2.24, 2.45) is 5.92 Å². The maximum absolute atomic E-state index is 12.9. The molecule has 0 aliphatic rings. The molecule has 0 heterocycles. The van der Waals surface area contributed by atoms with Gasteiger partial charge in [-0.1, -0.05) is 6.92 Å². The van der Waals surface area contributed by atoms with E-state index in [1.807, 2.05) is 0 Å². The van der Waals surface area contributed by atoms with Crippen LogP contribution in [0, 0.1) is 5.92 Å². The first-order valence-electron chi connectivity index (χ1n) is 4.20. The van der Waals surface area contributed by atoms with Crippen LogP contribution in [0.5, 0.6) is 0 Å². The molecule has 0 unspecified atom stereocenters. The Hall–Kier alpha value is -0.490. The summed E-state index contributed by atoms with van der Waals surface area (Å²) in [7, 11) is 0. The van der Waals surface area contributed by atoms with Gasteiger partial charge in [-0.15, -0.1) is 0 Å². The van der Waals surface area contributed by atoms with Gasteiger partial charge >= 0.3 is 12.4 Å². The smallest absolute Gasteiger partial charge is 0.234 e. The molecule has 0 radical (unpaired) electrons. The topological polar surface area (TPSA) is 0 Å². The van der Waals surface area contributed by atoms with Crippen LogP contribution in [-0.2, 0) is 0 Å². The van der Waals surface area contributed by atoms with Gasteiger partial charge in [-0.2, -0.15) is 26.3 Å². The third-order valence-corrected chi connectivity index (χ3v) is 2.20. The molecule has 0 aromatic heterocycles. The quantitative estimate of drug-likeness (QED) is 0.646. The van der Waals surface area contributed by atoms with Crippen molar-refractivity contribution in [3.8, 4) is 0 Å². The molecular weight excluding hydrogens is 229 g/mol. The van der Waals surface area contributed by atoms with Gasteiger partial charge in [0, 0.05) is 0 Å². The van der Waals surface area contributed by atoms with Gasteiger partial charge < -0.3 is 0 Å². The molecule has 0 nitrogen and oxygen atoms in total. The number of halogens is 7. The van der Waals surface area contributed by atoms with E-state index in [9.17, 15) is 30.7 Å². The van der Waals surface area contributed by atoms with Crippen molar-refractivity contribution in [2.75, 3.05) is 0 Å². The monoisotopic (exact) mass is 240 g/mol. The first-order chi connectivity index (χ1) is 6.38. The number of hydrogen-bond donors (Lipinski definition) is 0. The van der Waals surface area contributed by atoms with E-state index in [1.165, 1.54) is 0 Å². The molecule has 0 aliphatic heterocycles. The van der Waals surface area contributed by atoms with Crippen LogP contribution in [0.4, 0.5) is 30.7 Å². The summed E-state index contributed by atoms with van der Waals surface area (Å²) < 4.78 is 84.4. The molecular formula is C8H11F7. The van der Waals surface area contributed by atoms with Crippen molar-refractivity contribution in [3.05, 3.63) is 0 Å². The van der Waals surface area contributed by atoms with Crippen molar-refractivity contribution in [3.63, 3.8) is 0 Å². The van der Waals surface area contributed by atoms with Crippen LogP contribution in [0.1, 0.15) is 26.7 Å². The summed E-state index contributed by atoms with van der Waals surface area (Å²) in [6.07, 6.45) is -11.8. The Labute approximate surface area is 82.5 Å². The van der Waals surface area contributed by atoms with Gasteiger partial charge in [0.1, 0.15) is 0 Å². The Bertz CT molecular complexity index is 200. The van der Waals surface area contributed by atoms with Crippen LogP contribution in [0.2, 0.25) is 0 Å². The molecule has 0 saturated heterocycles. The predicted molar refractivity (Wildman–Crippen MR) is 40.0 cm³/mol. The van der Waals surface area contributed by atoms with E-state index < -0.39 is 36.8 Å². The van der Waals surface area contributed by atoms with E-state index in [0.717, 1.165) is 6.92 Å². The minimum atomic E-state index is -5.13. The number of rotatable bonds is 3. The van der Waals surface area contributed by atoms with Crippen LogP contribution in [0.3, 0.4) is 0 Å². The first-order valence-corrected chi connectivity index (χ1v) is 4.20. The van der Waals surface area contributed by atoms with Crippen LogP contribution < -0.4 is 0 Å². The molecule has 15 heavy (non-hydrogen) atoms. The fourth-order valence-electron chi connectivity index (χ4n) is 0.793. The second-order valence-corrected chi connectivity index (χ2v) is 3.68. The summed E-state index contributed by atoms with van der Waals surface area (Å²) in [5.74, 6) is -1.94. The molecule has 0 bridgehead atoms. The predicted octanol–water partition coefficient (Wildman–Crippen LogP) is 4.26. The normalized spacial score (nSPS) is 19.8. The third kappa shape index (κ3) is 4.25. The summed E-state index contributed by atoms with van der Waals surface area (Å²) >= 11 is 0. The maximum Gasteiger partial charge on any atom is 0.422 e. The standard InChI is InChI=1S/C8H11F7/c1-5(7(10,11)12)3-4-6(2,9)8(13,14)15/h5H,3-4H2,1-2H3/t5-,6-/m1/s1. The summed E-state index contributed by atoms with van der Waals surface area (Å²) in [4.78, 5) is 0. The Kier molecular flexibility index (Phi) is 4.04. The average Bonchev–Trinajstić information content (AvgIpc) is 1.96. The lowest BCUT2D eigenvalue weighted by Crippen LogP contribution is -2.38. The second kappa shape index (κ2) is 4.17. The maximum atomic E-state index is 12.9. The Morgan fingerprint density at radius 2 is 1.33 bits per heavy atom. The van der Waals surface area contributed by atoms with Gasteiger partial charge in [0.05, 0.1) is 5.92 Å². The van der Waals surface area contributed by atoms with Gasteiger partial charge in [-0.3, -0.25) is 0 Å². The second-order valence-electron chi connectivity index (χ2n) is 3.68. The number of alkyl halides is 7. The van der Waals surface area contributed by atoms with Gasteiger partial charge in [0.2, 0.25) is 5.67 Å². The highest BCUT2D eigenvalue weighted by molar-refractivity contribution is 4.83. The van der Waals surface area contributed by atoms with Crippen molar-refractivity contribution in [1.82, 2.24) is 0 Å². The van der Waals surface area contributed by atoms with Gasteiger partial charge in [0.15, 0.2) is 0 Å². The summed E-state index contributed by atoms with van der Waals surface area (Å²) in [5, 5.41) is 0. The summed E-state index contributed by atoms with van der Waals surface area (Å²) in [6, 6.07) is 0. The van der Waals surface area contributed by atoms with E-state index in [0.29, 0.717) is 0 Å². The fraction of sp³-hybridized carbons (Fsp3) is 1.00. The lowest BCUT2D eigenvalue weighted by atomic mass is 9.95. The van der Waals surface area contributed by atoms with Gasteiger partial charge in [0.25, 0.3) is 0 Å². The lowest BCUT2D eigenvalue weighted by Gasteiger charge is -2.25. The van der Waals surface area contributed by atoms with Crippen LogP contribution in [0.15, 0.2) is 0 Å². The van der Waals surface area contributed by atoms with Crippen LogP contribution in [-0.4, -0.2) is 18.0 Å². The Morgan fingerprint density at radius 3 is 1.60 bits per heavy atom. The summed E-state index contributed by atoms with van der Waals surface area (Å²) in [5.41, 5.74) is -3.56. The van der Waals surface area contributed by atoms with Crippen molar-refractivity contribution < 1.29 is 30.7 Å². The lowest BCUT2D eigenvalue weighted by molar-refractivity contribution is -0.231. The van der Waals surface area contributed by atoms with Crippen LogP contribution in [0.25, 0.3) is 0 Å². The van der Waals surface area contributed by atoms with Crippen molar-refractivity contribution in [2.45, 2.75) is 44.7 Å². The van der Waals surface area contributed by atoms with Gasteiger partial charge in [-0.25, -0.2) is 4.39 Å². The molecule has 0 saturated carbocycles.